The van der Waals surface area contributed by atoms with E-state index in [0.717, 1.165) is 18.4 Å². The van der Waals surface area contributed by atoms with E-state index in [1.165, 1.54) is 12.1 Å². The SMILES string of the molecule is O=C([C@H]1CNCCC12OCc1cc(F)c(F)cc12)N(Cc1ccccc1Cl)C1CC1. The van der Waals surface area contributed by atoms with Gasteiger partial charge in [0.15, 0.2) is 11.6 Å². The number of hydrogen-bond donors (Lipinski definition) is 1. The van der Waals surface area contributed by atoms with Gasteiger partial charge in [0.1, 0.15) is 5.60 Å². The fourth-order valence-electron chi connectivity index (χ4n) is 4.81. The number of nitrogens with zero attached hydrogens (tertiary/aromatic N) is 1. The van der Waals surface area contributed by atoms with Crippen molar-refractivity contribution in [3.63, 3.8) is 0 Å². The number of carbonyl (C=O) groups excluding carboxylic acids is 1. The van der Waals surface area contributed by atoms with Crippen LogP contribution < -0.4 is 5.32 Å². The first-order chi connectivity index (χ1) is 14.5. The molecule has 1 saturated heterocycles. The summed E-state index contributed by atoms with van der Waals surface area (Å²) in [5, 5.41) is 3.92. The fraction of sp³-hybridized carbons (Fsp3) is 0.435. The lowest BCUT2D eigenvalue weighted by atomic mass is 9.75. The van der Waals surface area contributed by atoms with E-state index in [1.807, 2.05) is 29.2 Å². The van der Waals surface area contributed by atoms with Crippen LogP contribution in [0.3, 0.4) is 0 Å². The Morgan fingerprint density at radius 1 is 1.23 bits per heavy atom. The number of nitrogens with one attached hydrogen (secondary N) is 1. The van der Waals surface area contributed by atoms with Crippen molar-refractivity contribution in [3.8, 4) is 0 Å². The highest BCUT2D eigenvalue weighted by Gasteiger charge is 2.53. The third-order valence-electron chi connectivity index (χ3n) is 6.54. The second kappa shape index (κ2) is 7.59. The van der Waals surface area contributed by atoms with E-state index in [4.69, 9.17) is 16.3 Å². The molecule has 5 rings (SSSR count). The summed E-state index contributed by atoms with van der Waals surface area (Å²) in [5.41, 5.74) is 1.20. The monoisotopic (exact) mass is 432 g/mol. The summed E-state index contributed by atoms with van der Waals surface area (Å²) in [6.07, 6.45) is 2.45. The van der Waals surface area contributed by atoms with Gasteiger partial charge in [-0.15, -0.1) is 0 Å². The Bertz CT molecular complexity index is 997. The van der Waals surface area contributed by atoms with Crippen LogP contribution in [0.2, 0.25) is 5.02 Å². The smallest absolute Gasteiger partial charge is 0.230 e. The Balaban J connectivity index is 1.50. The number of ether oxygens (including phenoxy) is 1. The van der Waals surface area contributed by atoms with Crippen molar-refractivity contribution < 1.29 is 18.3 Å². The van der Waals surface area contributed by atoms with Gasteiger partial charge in [0, 0.05) is 24.2 Å². The number of fused-ring (bicyclic) bond motifs is 2. The van der Waals surface area contributed by atoms with E-state index in [1.54, 1.807) is 0 Å². The van der Waals surface area contributed by atoms with Crippen molar-refractivity contribution in [1.29, 1.82) is 0 Å². The normalized spacial score (nSPS) is 25.4. The number of amides is 1. The Kier molecular flexibility index (Phi) is 5.04. The van der Waals surface area contributed by atoms with Gasteiger partial charge < -0.3 is 15.0 Å². The van der Waals surface area contributed by atoms with E-state index in [0.29, 0.717) is 42.2 Å². The fourth-order valence-corrected chi connectivity index (χ4v) is 5.01. The van der Waals surface area contributed by atoms with Crippen molar-refractivity contribution in [2.24, 2.45) is 5.92 Å². The Morgan fingerprint density at radius 2 is 2.00 bits per heavy atom. The third-order valence-corrected chi connectivity index (χ3v) is 6.91. The highest BCUT2D eigenvalue weighted by molar-refractivity contribution is 6.31. The molecule has 2 atom stereocenters. The summed E-state index contributed by atoms with van der Waals surface area (Å²) >= 11 is 6.35. The van der Waals surface area contributed by atoms with Gasteiger partial charge in [0.05, 0.1) is 12.5 Å². The maximum atomic E-state index is 14.1. The predicted octanol–water partition coefficient (Wildman–Crippen LogP) is 4.14. The Labute approximate surface area is 179 Å². The van der Waals surface area contributed by atoms with Crippen molar-refractivity contribution in [1.82, 2.24) is 10.2 Å². The minimum Gasteiger partial charge on any atom is -0.365 e. The summed E-state index contributed by atoms with van der Waals surface area (Å²) in [5.74, 6) is -2.33. The average Bonchev–Trinajstić information content (AvgIpc) is 3.53. The minimum atomic E-state index is -0.931. The molecule has 2 aromatic rings. The first kappa shape index (κ1) is 19.9. The van der Waals surface area contributed by atoms with Crippen LogP contribution in [-0.2, 0) is 28.3 Å². The molecule has 0 radical (unpaired) electrons. The highest BCUT2D eigenvalue weighted by atomic mass is 35.5. The van der Waals surface area contributed by atoms with E-state index < -0.39 is 23.2 Å². The molecule has 4 nitrogen and oxygen atoms in total. The first-order valence-electron chi connectivity index (χ1n) is 10.4. The van der Waals surface area contributed by atoms with Crippen LogP contribution in [0.4, 0.5) is 8.78 Å². The lowest BCUT2D eigenvalue weighted by Gasteiger charge is -2.43. The molecule has 1 amide bonds. The van der Waals surface area contributed by atoms with Crippen molar-refractivity contribution in [3.05, 3.63) is 69.7 Å². The van der Waals surface area contributed by atoms with Gasteiger partial charge in [0.2, 0.25) is 5.91 Å². The van der Waals surface area contributed by atoms with Crippen LogP contribution in [0.1, 0.15) is 36.0 Å². The van der Waals surface area contributed by atoms with Crippen LogP contribution in [0.15, 0.2) is 36.4 Å². The van der Waals surface area contributed by atoms with E-state index >= 15 is 0 Å². The first-order valence-corrected chi connectivity index (χ1v) is 10.7. The number of rotatable bonds is 4. The van der Waals surface area contributed by atoms with E-state index in [-0.39, 0.29) is 18.6 Å². The van der Waals surface area contributed by atoms with Crippen LogP contribution in [0.5, 0.6) is 0 Å². The molecule has 1 spiro atoms. The zero-order chi connectivity index (χ0) is 20.9. The topological polar surface area (TPSA) is 41.6 Å². The van der Waals surface area contributed by atoms with E-state index in [9.17, 15) is 13.6 Å². The maximum absolute atomic E-state index is 14.1. The summed E-state index contributed by atoms with van der Waals surface area (Å²) in [6.45, 7) is 1.70. The zero-order valence-electron chi connectivity index (χ0n) is 16.5. The van der Waals surface area contributed by atoms with Gasteiger partial charge in [0.25, 0.3) is 0 Å². The number of halogens is 3. The van der Waals surface area contributed by atoms with Crippen molar-refractivity contribution in [2.75, 3.05) is 13.1 Å². The quantitative estimate of drug-likeness (QED) is 0.789. The maximum Gasteiger partial charge on any atom is 0.230 e. The second-order valence-electron chi connectivity index (χ2n) is 8.40. The molecule has 0 aromatic heterocycles. The molecule has 2 aromatic carbocycles. The predicted molar refractivity (Wildman–Crippen MR) is 109 cm³/mol. The Hall–Kier alpha value is -2.02. The van der Waals surface area contributed by atoms with Crippen LogP contribution in [-0.4, -0.2) is 29.9 Å². The average molecular weight is 433 g/mol. The molecule has 1 unspecified atom stereocenters. The highest BCUT2D eigenvalue weighted by Crippen LogP contribution is 2.48. The number of benzene rings is 2. The molecular weight excluding hydrogens is 410 g/mol. The van der Waals surface area contributed by atoms with Crippen LogP contribution in [0.25, 0.3) is 0 Å². The minimum absolute atomic E-state index is 0.0257. The standard InChI is InChI=1S/C23H23ClF2N2O2/c24-19-4-2-1-3-14(19)12-28(16-5-6-16)22(29)18-11-27-8-7-23(18)17-10-21(26)20(25)9-15(17)13-30-23/h1-4,9-10,16,18,27H,5-8,11-13H2/t18-,23?/m1/s1. The second-order valence-corrected chi connectivity index (χ2v) is 8.80. The molecule has 1 aliphatic carbocycles. The molecule has 30 heavy (non-hydrogen) atoms. The molecule has 0 bridgehead atoms. The Morgan fingerprint density at radius 3 is 2.77 bits per heavy atom. The van der Waals surface area contributed by atoms with Gasteiger partial charge in [-0.1, -0.05) is 29.8 Å². The molecule has 2 fully saturated rings. The largest absolute Gasteiger partial charge is 0.365 e. The van der Waals surface area contributed by atoms with Gasteiger partial charge in [-0.2, -0.15) is 0 Å². The summed E-state index contributed by atoms with van der Waals surface area (Å²) in [7, 11) is 0. The molecule has 2 heterocycles. The van der Waals surface area contributed by atoms with Crippen LogP contribution >= 0.6 is 11.6 Å². The van der Waals surface area contributed by atoms with Crippen molar-refractivity contribution in [2.45, 2.75) is 44.1 Å². The number of carbonyl (C=O) groups is 1. The molecule has 7 heteroatoms. The molecule has 3 aliphatic rings. The van der Waals surface area contributed by atoms with Crippen molar-refractivity contribution >= 4 is 17.5 Å². The molecular formula is C23H23ClF2N2O2. The number of piperidine rings is 1. The lowest BCUT2D eigenvalue weighted by Crippen LogP contribution is -2.55. The van der Waals surface area contributed by atoms with Gasteiger partial charge in [-0.25, -0.2) is 8.78 Å². The summed E-state index contributed by atoms with van der Waals surface area (Å²) < 4.78 is 34.1. The molecule has 2 aliphatic heterocycles. The van der Waals surface area contributed by atoms with Gasteiger partial charge in [-0.3, -0.25) is 4.79 Å². The third kappa shape index (κ3) is 3.31. The molecule has 158 valence electrons. The number of hydrogen-bond acceptors (Lipinski definition) is 3. The zero-order valence-corrected chi connectivity index (χ0v) is 17.2. The van der Waals surface area contributed by atoms with Gasteiger partial charge in [-0.05, 0) is 60.7 Å². The summed E-state index contributed by atoms with van der Waals surface area (Å²) in [4.78, 5) is 15.7. The van der Waals surface area contributed by atoms with Gasteiger partial charge >= 0.3 is 0 Å². The van der Waals surface area contributed by atoms with E-state index in [2.05, 4.69) is 5.32 Å². The lowest BCUT2D eigenvalue weighted by molar-refractivity contribution is -0.157. The summed E-state index contributed by atoms with van der Waals surface area (Å²) in [6, 6.07) is 10.1. The molecule has 1 N–H and O–H groups in total. The van der Waals surface area contributed by atoms with Crippen LogP contribution in [0, 0.1) is 17.6 Å². The molecule has 1 saturated carbocycles.